The Bertz CT molecular complexity index is 2420. The van der Waals surface area contributed by atoms with E-state index in [1.807, 2.05) is 6.07 Å². The Kier molecular flexibility index (Phi) is 5.50. The molecule has 0 aliphatic heterocycles. The molecule has 0 radical (unpaired) electrons. The lowest BCUT2D eigenvalue weighted by Crippen LogP contribution is -1.93. The van der Waals surface area contributed by atoms with Crippen LogP contribution >= 0.6 is 0 Å². The number of nitrogens with zero attached hydrogens (tertiary/aromatic N) is 2. The zero-order chi connectivity index (χ0) is 29.0. The second kappa shape index (κ2) is 9.82. The van der Waals surface area contributed by atoms with E-state index in [1.54, 1.807) is 0 Å². The minimum atomic E-state index is 0.626. The highest BCUT2D eigenvalue weighted by Gasteiger charge is 2.15. The van der Waals surface area contributed by atoms with Gasteiger partial charge in [-0.2, -0.15) is 0 Å². The highest BCUT2D eigenvalue weighted by Crippen LogP contribution is 2.37. The lowest BCUT2D eigenvalue weighted by molar-refractivity contribution is 0.621. The summed E-state index contributed by atoms with van der Waals surface area (Å²) in [6.07, 6.45) is 0. The molecular formula is C41H26N2O. The van der Waals surface area contributed by atoms with Gasteiger partial charge in [-0.3, -0.25) is 0 Å². The number of fused-ring (bicyclic) bond motifs is 5. The molecule has 0 N–H and O–H groups in total. The van der Waals surface area contributed by atoms with Crippen LogP contribution < -0.4 is 0 Å². The molecule has 0 unspecified atom stereocenters. The molecule has 0 spiro atoms. The van der Waals surface area contributed by atoms with Crippen LogP contribution in [0.25, 0.3) is 83.1 Å². The fourth-order valence-electron chi connectivity index (χ4n) is 6.55. The van der Waals surface area contributed by atoms with Gasteiger partial charge in [0.2, 0.25) is 5.89 Å². The fraction of sp³-hybridized carbons (Fsp3) is 0. The summed E-state index contributed by atoms with van der Waals surface area (Å²) < 4.78 is 8.79. The van der Waals surface area contributed by atoms with Crippen LogP contribution in [0, 0.1) is 0 Å². The Balaban J connectivity index is 1.05. The third kappa shape index (κ3) is 3.87. The van der Waals surface area contributed by atoms with Crippen LogP contribution in [-0.2, 0) is 0 Å². The number of aromatic nitrogens is 2. The minimum absolute atomic E-state index is 0.626. The van der Waals surface area contributed by atoms with E-state index < -0.39 is 0 Å². The van der Waals surface area contributed by atoms with Gasteiger partial charge in [-0.15, -0.1) is 0 Å². The highest BCUT2D eigenvalue weighted by atomic mass is 16.3. The smallest absolute Gasteiger partial charge is 0.227 e. The van der Waals surface area contributed by atoms with Crippen molar-refractivity contribution < 1.29 is 4.42 Å². The summed E-state index contributed by atoms with van der Waals surface area (Å²) in [5.41, 5.74) is 10.7. The maximum Gasteiger partial charge on any atom is 0.227 e. The molecule has 0 aliphatic carbocycles. The molecule has 0 atom stereocenters. The van der Waals surface area contributed by atoms with Crippen molar-refractivity contribution in [3.8, 4) is 39.4 Å². The molecule has 0 amide bonds. The largest absolute Gasteiger partial charge is 0.435 e. The number of hydrogen-bond donors (Lipinski definition) is 0. The number of hydrogen-bond acceptors (Lipinski definition) is 2. The van der Waals surface area contributed by atoms with Crippen LogP contribution in [0.15, 0.2) is 162 Å². The normalized spacial score (nSPS) is 11.6. The summed E-state index contributed by atoms with van der Waals surface area (Å²) >= 11 is 0. The number of para-hydroxylation sites is 3. The van der Waals surface area contributed by atoms with E-state index in [-0.39, 0.29) is 0 Å². The maximum atomic E-state index is 6.45. The molecule has 7 aromatic carbocycles. The molecule has 2 heterocycles. The van der Waals surface area contributed by atoms with E-state index in [9.17, 15) is 0 Å². The predicted molar refractivity (Wildman–Crippen MR) is 182 cm³/mol. The maximum absolute atomic E-state index is 6.45. The summed E-state index contributed by atoms with van der Waals surface area (Å²) in [6.45, 7) is 0. The Morgan fingerprint density at radius 3 is 1.70 bits per heavy atom. The van der Waals surface area contributed by atoms with E-state index in [0.717, 1.165) is 44.6 Å². The summed E-state index contributed by atoms with van der Waals surface area (Å²) in [5.74, 6) is 0.626. The predicted octanol–water partition coefficient (Wildman–Crippen LogP) is 11.1. The van der Waals surface area contributed by atoms with Crippen molar-refractivity contribution in [2.75, 3.05) is 0 Å². The lowest BCUT2D eigenvalue weighted by atomic mass is 9.98. The first-order chi connectivity index (χ1) is 21.8. The van der Waals surface area contributed by atoms with Gasteiger partial charge in [-0.05, 0) is 69.9 Å². The Morgan fingerprint density at radius 2 is 0.977 bits per heavy atom. The summed E-state index contributed by atoms with van der Waals surface area (Å²) in [5, 5.41) is 4.95. The molecule has 0 saturated carbocycles. The van der Waals surface area contributed by atoms with E-state index in [0.29, 0.717) is 5.89 Å². The Morgan fingerprint density at radius 1 is 0.432 bits per heavy atom. The van der Waals surface area contributed by atoms with Crippen molar-refractivity contribution in [1.82, 2.24) is 9.55 Å². The van der Waals surface area contributed by atoms with E-state index in [1.165, 1.54) is 32.6 Å². The van der Waals surface area contributed by atoms with E-state index >= 15 is 0 Å². The number of oxazole rings is 1. The SMILES string of the molecule is c1ccc2c(-c3cccc4nc(-c5ccc(-c6ccc(-n7c8ccccc8c8ccccc87)cc6)cc5)oc34)cccc2c1. The van der Waals surface area contributed by atoms with Crippen molar-refractivity contribution in [3.05, 3.63) is 158 Å². The van der Waals surface area contributed by atoms with Crippen molar-refractivity contribution in [2.24, 2.45) is 0 Å². The van der Waals surface area contributed by atoms with Gasteiger partial charge in [-0.1, -0.05) is 115 Å². The number of rotatable bonds is 4. The average molecular weight is 563 g/mol. The van der Waals surface area contributed by atoms with Crippen LogP contribution in [0.5, 0.6) is 0 Å². The van der Waals surface area contributed by atoms with E-state index in [4.69, 9.17) is 9.40 Å². The van der Waals surface area contributed by atoms with Crippen LogP contribution in [-0.4, -0.2) is 9.55 Å². The molecular weight excluding hydrogens is 536 g/mol. The molecule has 9 aromatic rings. The molecule has 44 heavy (non-hydrogen) atoms. The van der Waals surface area contributed by atoms with Crippen molar-refractivity contribution in [2.45, 2.75) is 0 Å². The Labute approximate surface area is 254 Å². The fourth-order valence-corrected chi connectivity index (χ4v) is 6.55. The van der Waals surface area contributed by atoms with Crippen LogP contribution in [0.1, 0.15) is 0 Å². The third-order valence-electron chi connectivity index (χ3n) is 8.67. The van der Waals surface area contributed by atoms with E-state index in [2.05, 4.69) is 156 Å². The van der Waals surface area contributed by atoms with Gasteiger partial charge < -0.3 is 8.98 Å². The molecule has 3 nitrogen and oxygen atoms in total. The standard InChI is InChI=1S/C41H26N2O/c1-2-11-32-29(9-1)10-7-14-33(32)36-15-8-16-37-40(36)44-41(42-37)30-21-19-27(20-22-30)28-23-25-31(26-24-28)43-38-17-5-3-12-34(38)35-13-4-6-18-39(35)43/h1-26H. The first kappa shape index (κ1) is 24.6. The molecule has 9 rings (SSSR count). The molecule has 0 saturated heterocycles. The monoisotopic (exact) mass is 562 g/mol. The molecule has 0 bridgehead atoms. The molecule has 3 heteroatoms. The van der Waals surface area contributed by atoms with Gasteiger partial charge in [0.25, 0.3) is 0 Å². The highest BCUT2D eigenvalue weighted by molar-refractivity contribution is 6.09. The van der Waals surface area contributed by atoms with Gasteiger partial charge in [-0.25, -0.2) is 4.98 Å². The van der Waals surface area contributed by atoms with Crippen molar-refractivity contribution >= 4 is 43.7 Å². The zero-order valence-corrected chi connectivity index (χ0v) is 23.8. The quantitative estimate of drug-likeness (QED) is 0.214. The summed E-state index contributed by atoms with van der Waals surface area (Å²) in [7, 11) is 0. The average Bonchev–Trinajstić information content (AvgIpc) is 3.68. The second-order valence-electron chi connectivity index (χ2n) is 11.2. The van der Waals surface area contributed by atoms with Gasteiger partial charge in [0.1, 0.15) is 5.52 Å². The molecule has 2 aromatic heterocycles. The van der Waals surface area contributed by atoms with Gasteiger partial charge in [0.15, 0.2) is 5.58 Å². The summed E-state index contributed by atoms with van der Waals surface area (Å²) in [4.78, 5) is 4.87. The Hall–Kier alpha value is -5.93. The minimum Gasteiger partial charge on any atom is -0.435 e. The first-order valence-electron chi connectivity index (χ1n) is 14.9. The van der Waals surface area contributed by atoms with Gasteiger partial charge >= 0.3 is 0 Å². The third-order valence-corrected chi connectivity index (χ3v) is 8.67. The van der Waals surface area contributed by atoms with Crippen molar-refractivity contribution in [3.63, 3.8) is 0 Å². The summed E-state index contributed by atoms with van der Waals surface area (Å²) in [6, 6.07) is 55.5. The van der Waals surface area contributed by atoms with Crippen molar-refractivity contribution in [1.29, 1.82) is 0 Å². The van der Waals surface area contributed by atoms with Gasteiger partial charge in [0.05, 0.1) is 11.0 Å². The molecule has 0 fully saturated rings. The van der Waals surface area contributed by atoms with Crippen LogP contribution in [0.2, 0.25) is 0 Å². The second-order valence-corrected chi connectivity index (χ2v) is 11.2. The number of benzene rings is 7. The van der Waals surface area contributed by atoms with Gasteiger partial charge in [0, 0.05) is 27.6 Å². The van der Waals surface area contributed by atoms with Crippen LogP contribution in [0.4, 0.5) is 0 Å². The molecule has 0 aliphatic rings. The zero-order valence-electron chi connectivity index (χ0n) is 23.8. The molecule has 206 valence electrons. The topological polar surface area (TPSA) is 31.0 Å². The van der Waals surface area contributed by atoms with Crippen LogP contribution in [0.3, 0.4) is 0 Å². The lowest BCUT2D eigenvalue weighted by Gasteiger charge is -2.09. The first-order valence-corrected chi connectivity index (χ1v) is 14.9.